The molecule has 1 aromatic carbocycles. The van der Waals surface area contributed by atoms with Crippen LogP contribution in [0.2, 0.25) is 0 Å². The van der Waals surface area contributed by atoms with E-state index in [4.69, 9.17) is 0 Å². The van der Waals surface area contributed by atoms with Crippen molar-refractivity contribution >= 4 is 0 Å². The summed E-state index contributed by atoms with van der Waals surface area (Å²) >= 11 is 0. The van der Waals surface area contributed by atoms with Gasteiger partial charge in [-0.05, 0) is 37.3 Å². The topological polar surface area (TPSA) is 48.9 Å². The lowest BCUT2D eigenvalue weighted by atomic mass is 9.66. The number of rotatable bonds is 1. The van der Waals surface area contributed by atoms with Gasteiger partial charge in [-0.25, -0.2) is 23.5 Å². The van der Waals surface area contributed by atoms with Gasteiger partial charge in [-0.2, -0.15) is 0 Å². The van der Waals surface area contributed by atoms with Gasteiger partial charge in [-0.15, -0.1) is 0 Å². The quantitative estimate of drug-likeness (QED) is 0.755. The van der Waals surface area contributed by atoms with Crippen molar-refractivity contribution in [3.8, 4) is 5.69 Å². The summed E-state index contributed by atoms with van der Waals surface area (Å²) in [6, 6.07) is 9.26. The van der Waals surface area contributed by atoms with Crippen molar-refractivity contribution < 1.29 is 0 Å². The Hall–Kier alpha value is -2.56. The van der Waals surface area contributed by atoms with Crippen LogP contribution in [0.15, 0.2) is 64.2 Å². The number of hydrogen-bond donors (Lipinski definition) is 0. The highest BCUT2D eigenvalue weighted by atomic mass is 16.2. The molecule has 5 aliphatic rings. The van der Waals surface area contributed by atoms with Gasteiger partial charge in [-0.3, -0.25) is 0 Å². The lowest BCUT2D eigenvalue weighted by Gasteiger charge is -2.50. The Morgan fingerprint density at radius 1 is 1.00 bits per heavy atom. The average Bonchev–Trinajstić information content (AvgIpc) is 3.31. The molecule has 5 nitrogen and oxygen atoms in total. The van der Waals surface area contributed by atoms with Gasteiger partial charge >= 0.3 is 11.4 Å². The van der Waals surface area contributed by atoms with Gasteiger partial charge in [0.15, 0.2) is 0 Å². The van der Waals surface area contributed by atoms with E-state index in [2.05, 4.69) is 24.3 Å². The highest BCUT2D eigenvalue weighted by Crippen LogP contribution is 2.74. The number of nitrogens with zero attached hydrogens (tertiary/aromatic N) is 3. The second kappa shape index (κ2) is 3.74. The lowest BCUT2D eigenvalue weighted by Crippen LogP contribution is -2.57. The number of allylic oxidation sites excluding steroid dienone is 4. The molecule has 7 rings (SSSR count). The third-order valence-corrected chi connectivity index (χ3v) is 6.71. The zero-order valence-electron chi connectivity index (χ0n) is 13.1. The highest BCUT2D eigenvalue weighted by Gasteiger charge is 2.74. The van der Waals surface area contributed by atoms with Crippen molar-refractivity contribution in [1.29, 1.82) is 0 Å². The van der Waals surface area contributed by atoms with E-state index in [0.717, 1.165) is 19.3 Å². The van der Waals surface area contributed by atoms with Gasteiger partial charge < -0.3 is 0 Å². The maximum Gasteiger partial charge on any atom is 0.352 e. The van der Waals surface area contributed by atoms with Crippen LogP contribution < -0.4 is 11.4 Å². The van der Waals surface area contributed by atoms with Crippen molar-refractivity contribution in [2.75, 3.05) is 0 Å². The maximum absolute atomic E-state index is 13.3. The molecule has 1 saturated carbocycles. The summed E-state index contributed by atoms with van der Waals surface area (Å²) in [6.07, 6.45) is 11.7. The van der Waals surface area contributed by atoms with Crippen LogP contribution in [0.3, 0.4) is 0 Å². The normalized spacial score (nSPS) is 37.0. The van der Waals surface area contributed by atoms with E-state index in [1.165, 1.54) is 4.57 Å². The Bertz CT molecular complexity index is 1050. The van der Waals surface area contributed by atoms with Gasteiger partial charge in [0.1, 0.15) is 0 Å². The summed E-state index contributed by atoms with van der Waals surface area (Å²) in [4.78, 5) is 26.4. The first-order valence-corrected chi connectivity index (χ1v) is 8.56. The Morgan fingerprint density at radius 3 is 2.62 bits per heavy atom. The Morgan fingerprint density at radius 2 is 1.79 bits per heavy atom. The van der Waals surface area contributed by atoms with E-state index in [0.29, 0.717) is 11.6 Å². The summed E-state index contributed by atoms with van der Waals surface area (Å²) < 4.78 is 4.84. The van der Waals surface area contributed by atoms with Crippen molar-refractivity contribution in [2.24, 2.45) is 11.3 Å². The molecule has 0 unspecified atom stereocenters. The number of benzene rings is 1. The fourth-order valence-corrected chi connectivity index (χ4v) is 5.57. The number of hydrogen-bond acceptors (Lipinski definition) is 2. The molecule has 24 heavy (non-hydrogen) atoms. The molecular formula is C19H17N3O2. The van der Waals surface area contributed by atoms with E-state index in [9.17, 15) is 9.59 Å². The van der Waals surface area contributed by atoms with Crippen LogP contribution in [-0.4, -0.2) is 13.9 Å². The second-order valence-electron chi connectivity index (χ2n) is 7.51. The van der Waals surface area contributed by atoms with E-state index < -0.39 is 0 Å². The van der Waals surface area contributed by atoms with Gasteiger partial charge in [0.2, 0.25) is 0 Å². The molecule has 0 saturated heterocycles. The lowest BCUT2D eigenvalue weighted by molar-refractivity contribution is 0.0633. The van der Waals surface area contributed by atoms with Crippen LogP contribution in [0, 0.1) is 11.3 Å². The fraction of sp³-hybridized carbons (Fsp3) is 0.368. The maximum atomic E-state index is 13.3. The molecule has 2 bridgehead atoms. The molecule has 120 valence electrons. The molecule has 3 aliphatic carbocycles. The predicted molar refractivity (Wildman–Crippen MR) is 89.4 cm³/mol. The summed E-state index contributed by atoms with van der Waals surface area (Å²) in [6.45, 7) is 0. The molecule has 1 aromatic heterocycles. The average molecular weight is 319 g/mol. The highest BCUT2D eigenvalue weighted by molar-refractivity contribution is 5.38. The largest absolute Gasteiger partial charge is 0.352 e. The molecule has 2 aliphatic heterocycles. The standard InChI is InChI=1S/C19H17N3O2/c23-16-20(13-6-2-1-3-7-13)17(24)22-19-10-5-4-9-18(19)12-14(18)15(8-11-19)21(16)22/h1-8,11,14-15H,9-10,12H2/t14-,15-,18-,19+/m0/s1. The van der Waals surface area contributed by atoms with Crippen molar-refractivity contribution in [3.63, 3.8) is 0 Å². The molecular weight excluding hydrogens is 302 g/mol. The third kappa shape index (κ3) is 1.13. The molecule has 5 heteroatoms. The van der Waals surface area contributed by atoms with Gasteiger partial charge in [0, 0.05) is 5.41 Å². The Kier molecular flexibility index (Phi) is 2.00. The molecule has 4 atom stereocenters. The van der Waals surface area contributed by atoms with E-state index in [-0.39, 0.29) is 28.4 Å². The van der Waals surface area contributed by atoms with Crippen LogP contribution in [-0.2, 0) is 5.54 Å². The zero-order chi connectivity index (χ0) is 16.1. The predicted octanol–water partition coefficient (Wildman–Crippen LogP) is 1.98. The molecule has 1 fully saturated rings. The molecule has 0 radical (unpaired) electrons. The van der Waals surface area contributed by atoms with Crippen LogP contribution in [0.1, 0.15) is 25.3 Å². The third-order valence-electron chi connectivity index (χ3n) is 6.71. The van der Waals surface area contributed by atoms with Crippen LogP contribution in [0.25, 0.3) is 5.69 Å². The Labute approximate surface area is 138 Å². The van der Waals surface area contributed by atoms with Crippen LogP contribution >= 0.6 is 0 Å². The molecule has 3 heterocycles. The summed E-state index contributed by atoms with van der Waals surface area (Å²) in [5.74, 6) is 0.483. The number of aromatic nitrogens is 3. The first-order chi connectivity index (χ1) is 11.7. The van der Waals surface area contributed by atoms with Gasteiger partial charge in [0.05, 0.1) is 17.3 Å². The van der Waals surface area contributed by atoms with Crippen LogP contribution in [0.4, 0.5) is 0 Å². The molecule has 2 spiro atoms. The zero-order valence-corrected chi connectivity index (χ0v) is 13.1. The SMILES string of the molecule is O=c1n(-c2ccccc2)c(=O)n2n1[C@H]1C=C[C@@]23CC=CC[C@@]32C[C@@H]12. The van der Waals surface area contributed by atoms with E-state index >= 15 is 0 Å². The second-order valence-corrected chi connectivity index (χ2v) is 7.51. The fourth-order valence-electron chi connectivity index (χ4n) is 5.57. The molecule has 0 amide bonds. The minimum absolute atomic E-state index is 0.0172. The minimum atomic E-state index is -0.364. The van der Waals surface area contributed by atoms with Gasteiger partial charge in [0.25, 0.3) is 0 Å². The first-order valence-electron chi connectivity index (χ1n) is 8.56. The van der Waals surface area contributed by atoms with E-state index in [1.54, 1.807) is 9.36 Å². The van der Waals surface area contributed by atoms with Crippen LogP contribution in [0.5, 0.6) is 0 Å². The monoisotopic (exact) mass is 319 g/mol. The first kappa shape index (κ1) is 12.8. The summed E-state index contributed by atoms with van der Waals surface area (Å²) in [7, 11) is 0. The van der Waals surface area contributed by atoms with E-state index in [1.807, 2.05) is 30.3 Å². The molecule has 0 N–H and O–H groups in total. The summed E-state index contributed by atoms with van der Waals surface area (Å²) in [5.41, 5.74) is -0.0000816. The van der Waals surface area contributed by atoms with Crippen molar-refractivity contribution in [2.45, 2.75) is 30.8 Å². The van der Waals surface area contributed by atoms with Crippen molar-refractivity contribution in [1.82, 2.24) is 13.9 Å². The minimum Gasteiger partial charge on any atom is -0.245 e. The van der Waals surface area contributed by atoms with Crippen molar-refractivity contribution in [3.05, 3.63) is 75.6 Å². The number of para-hydroxylation sites is 1. The smallest absolute Gasteiger partial charge is 0.245 e. The van der Waals surface area contributed by atoms with Gasteiger partial charge in [-0.1, -0.05) is 42.5 Å². The summed E-state index contributed by atoms with van der Waals surface area (Å²) in [5, 5.41) is 0. The molecule has 2 aromatic rings. The Balaban J connectivity index is 1.72.